The van der Waals surface area contributed by atoms with Gasteiger partial charge in [-0.3, -0.25) is 4.99 Å². The van der Waals surface area contributed by atoms with Crippen molar-refractivity contribution in [3.63, 3.8) is 0 Å². The molecule has 0 radical (unpaired) electrons. The van der Waals surface area contributed by atoms with Crippen LogP contribution in [0.4, 0.5) is 0 Å². The average Bonchev–Trinajstić information content (AvgIpc) is 2.55. The van der Waals surface area contributed by atoms with Gasteiger partial charge in [0, 0.05) is 26.2 Å². The van der Waals surface area contributed by atoms with Gasteiger partial charge in [-0.25, -0.2) is 0 Å². The molecule has 21 heavy (non-hydrogen) atoms. The average molecular weight is 291 g/mol. The molecule has 1 aliphatic heterocycles. The van der Waals surface area contributed by atoms with Gasteiger partial charge in [0.1, 0.15) is 0 Å². The first-order chi connectivity index (χ1) is 10.4. The maximum absolute atomic E-state index is 5.95. The monoisotopic (exact) mass is 291 g/mol. The maximum atomic E-state index is 5.95. The number of nitrogens with zero attached hydrogens (tertiary/aromatic N) is 2. The number of nitrogens with two attached hydrogens (primary N) is 1. The lowest BCUT2D eigenvalue weighted by atomic mass is 10.2. The molecule has 116 valence electrons. The van der Waals surface area contributed by atoms with Gasteiger partial charge in [0.05, 0.1) is 19.8 Å². The largest absolute Gasteiger partial charge is 0.378 e. The summed E-state index contributed by atoms with van der Waals surface area (Å²) in [5.41, 5.74) is 7.17. The third-order valence-electron chi connectivity index (χ3n) is 3.42. The molecule has 1 aromatic carbocycles. The molecule has 2 rings (SSSR count). The van der Waals surface area contributed by atoms with E-state index in [1.54, 1.807) is 0 Å². The second-order valence-corrected chi connectivity index (χ2v) is 5.08. The van der Waals surface area contributed by atoms with Gasteiger partial charge in [-0.2, -0.15) is 0 Å². The molecular formula is C16H25N3O2. The first kappa shape index (κ1) is 15.8. The fourth-order valence-electron chi connectivity index (χ4n) is 2.17. The van der Waals surface area contributed by atoms with Crippen LogP contribution in [0.5, 0.6) is 0 Å². The van der Waals surface area contributed by atoms with Crippen LogP contribution in [0.25, 0.3) is 0 Å². The Morgan fingerprint density at radius 2 is 1.95 bits per heavy atom. The molecule has 1 aliphatic rings. The van der Waals surface area contributed by atoms with Crippen LogP contribution in [0.1, 0.15) is 18.4 Å². The number of morpholine rings is 1. The summed E-state index contributed by atoms with van der Waals surface area (Å²) in [5, 5.41) is 0. The van der Waals surface area contributed by atoms with E-state index in [4.69, 9.17) is 15.2 Å². The van der Waals surface area contributed by atoms with Gasteiger partial charge in [-0.1, -0.05) is 30.3 Å². The first-order valence-corrected chi connectivity index (χ1v) is 7.60. The van der Waals surface area contributed by atoms with Gasteiger partial charge in [0.25, 0.3) is 0 Å². The summed E-state index contributed by atoms with van der Waals surface area (Å²) < 4.78 is 10.9. The highest BCUT2D eigenvalue weighted by molar-refractivity contribution is 5.78. The molecule has 0 amide bonds. The highest BCUT2D eigenvalue weighted by Crippen LogP contribution is 2.02. The van der Waals surface area contributed by atoms with E-state index in [1.807, 2.05) is 18.2 Å². The normalized spacial score (nSPS) is 16.2. The van der Waals surface area contributed by atoms with Crippen molar-refractivity contribution in [2.24, 2.45) is 10.7 Å². The summed E-state index contributed by atoms with van der Waals surface area (Å²) in [4.78, 5) is 6.49. The second kappa shape index (κ2) is 9.37. The van der Waals surface area contributed by atoms with Gasteiger partial charge >= 0.3 is 0 Å². The lowest BCUT2D eigenvalue weighted by molar-refractivity contribution is 0.0674. The summed E-state index contributed by atoms with van der Waals surface area (Å²) in [7, 11) is 0. The van der Waals surface area contributed by atoms with Crippen LogP contribution in [-0.4, -0.2) is 50.3 Å². The molecule has 1 fully saturated rings. The van der Waals surface area contributed by atoms with Crippen molar-refractivity contribution in [1.82, 2.24) is 4.90 Å². The highest BCUT2D eigenvalue weighted by atomic mass is 16.5. The van der Waals surface area contributed by atoms with Crippen LogP contribution in [0, 0.1) is 0 Å². The molecule has 5 nitrogen and oxygen atoms in total. The number of hydrogen-bond acceptors (Lipinski definition) is 3. The number of guanidine groups is 1. The number of rotatable bonds is 7. The van der Waals surface area contributed by atoms with E-state index < -0.39 is 0 Å². The second-order valence-electron chi connectivity index (χ2n) is 5.08. The van der Waals surface area contributed by atoms with Gasteiger partial charge in [0.2, 0.25) is 0 Å². The van der Waals surface area contributed by atoms with Gasteiger partial charge in [0.15, 0.2) is 5.96 Å². The predicted molar refractivity (Wildman–Crippen MR) is 84.2 cm³/mol. The molecule has 0 aromatic heterocycles. The molecule has 0 unspecified atom stereocenters. The maximum Gasteiger partial charge on any atom is 0.191 e. The molecule has 2 N–H and O–H groups in total. The molecule has 0 saturated carbocycles. The van der Waals surface area contributed by atoms with E-state index in [9.17, 15) is 0 Å². The molecule has 1 aromatic rings. The highest BCUT2D eigenvalue weighted by Gasteiger charge is 2.11. The standard InChI is InChI=1S/C16H25N3O2/c17-16(19-9-12-20-13-10-19)18-8-4-5-11-21-14-15-6-2-1-3-7-15/h1-3,6-7H,4-5,8-14H2,(H2,17,18). The third kappa shape index (κ3) is 6.14. The van der Waals surface area contributed by atoms with Crippen molar-refractivity contribution in [3.05, 3.63) is 35.9 Å². The van der Waals surface area contributed by atoms with E-state index >= 15 is 0 Å². The van der Waals surface area contributed by atoms with Crippen LogP contribution in [0.2, 0.25) is 0 Å². The zero-order chi connectivity index (χ0) is 14.8. The van der Waals surface area contributed by atoms with Gasteiger partial charge < -0.3 is 20.1 Å². The minimum atomic E-state index is 0.642. The Morgan fingerprint density at radius 3 is 2.71 bits per heavy atom. The SMILES string of the molecule is NC(=NCCCCOCc1ccccc1)N1CCOCC1. The molecule has 5 heteroatoms. The Balaban J connectivity index is 1.51. The summed E-state index contributed by atoms with van der Waals surface area (Å²) in [6.07, 6.45) is 2.01. The lowest BCUT2D eigenvalue weighted by Gasteiger charge is -2.27. The number of aliphatic imine (C=N–C) groups is 1. The molecule has 0 bridgehead atoms. The van der Waals surface area contributed by atoms with Gasteiger partial charge in [-0.15, -0.1) is 0 Å². The Kier molecular flexibility index (Phi) is 7.04. The zero-order valence-electron chi connectivity index (χ0n) is 12.5. The van der Waals surface area contributed by atoms with E-state index in [0.717, 1.165) is 52.3 Å². The Morgan fingerprint density at radius 1 is 1.19 bits per heavy atom. The fraction of sp³-hybridized carbons (Fsp3) is 0.562. The van der Waals surface area contributed by atoms with Crippen LogP contribution in [-0.2, 0) is 16.1 Å². The minimum absolute atomic E-state index is 0.642. The Bertz CT molecular complexity index is 417. The molecular weight excluding hydrogens is 266 g/mol. The number of hydrogen-bond donors (Lipinski definition) is 1. The van der Waals surface area contributed by atoms with E-state index in [2.05, 4.69) is 22.0 Å². The molecule has 1 heterocycles. The molecule has 0 spiro atoms. The van der Waals surface area contributed by atoms with Crippen molar-refractivity contribution < 1.29 is 9.47 Å². The number of benzene rings is 1. The Labute approximate surface area is 126 Å². The Hall–Kier alpha value is -1.59. The van der Waals surface area contributed by atoms with Crippen LogP contribution >= 0.6 is 0 Å². The predicted octanol–water partition coefficient (Wildman–Crippen LogP) is 1.63. The number of unbranched alkanes of at least 4 members (excludes halogenated alkanes) is 1. The number of ether oxygens (including phenoxy) is 2. The molecule has 1 saturated heterocycles. The summed E-state index contributed by atoms with van der Waals surface area (Å²) in [5.74, 6) is 0.642. The zero-order valence-corrected chi connectivity index (χ0v) is 12.5. The van der Waals surface area contributed by atoms with Crippen LogP contribution in [0.3, 0.4) is 0 Å². The van der Waals surface area contributed by atoms with E-state index in [-0.39, 0.29) is 0 Å². The van der Waals surface area contributed by atoms with Crippen molar-refractivity contribution in [2.45, 2.75) is 19.4 Å². The van der Waals surface area contributed by atoms with Crippen molar-refractivity contribution >= 4 is 5.96 Å². The van der Waals surface area contributed by atoms with E-state index in [0.29, 0.717) is 12.6 Å². The molecule has 0 atom stereocenters. The van der Waals surface area contributed by atoms with Gasteiger partial charge in [-0.05, 0) is 18.4 Å². The van der Waals surface area contributed by atoms with Crippen molar-refractivity contribution in [3.8, 4) is 0 Å². The van der Waals surface area contributed by atoms with Crippen LogP contribution in [0.15, 0.2) is 35.3 Å². The summed E-state index contributed by atoms with van der Waals surface area (Å²) >= 11 is 0. The minimum Gasteiger partial charge on any atom is -0.378 e. The van der Waals surface area contributed by atoms with Crippen LogP contribution < -0.4 is 5.73 Å². The summed E-state index contributed by atoms with van der Waals surface area (Å²) in [6.45, 7) is 5.37. The first-order valence-electron chi connectivity index (χ1n) is 7.60. The third-order valence-corrected chi connectivity index (χ3v) is 3.42. The van der Waals surface area contributed by atoms with Crippen molar-refractivity contribution in [2.75, 3.05) is 39.5 Å². The topological polar surface area (TPSA) is 60.1 Å². The summed E-state index contributed by atoms with van der Waals surface area (Å²) in [6, 6.07) is 10.2. The lowest BCUT2D eigenvalue weighted by Crippen LogP contribution is -2.44. The fourth-order valence-corrected chi connectivity index (χ4v) is 2.17. The van der Waals surface area contributed by atoms with E-state index in [1.165, 1.54) is 5.56 Å². The quantitative estimate of drug-likeness (QED) is 0.471. The van der Waals surface area contributed by atoms with Crippen molar-refractivity contribution in [1.29, 1.82) is 0 Å². The molecule has 0 aliphatic carbocycles. The smallest absolute Gasteiger partial charge is 0.191 e.